The summed E-state index contributed by atoms with van der Waals surface area (Å²) in [6.07, 6.45) is 8.93. The molecule has 0 unspecified atom stereocenters. The van der Waals surface area contributed by atoms with Crippen LogP contribution in [0.3, 0.4) is 0 Å². The Morgan fingerprint density at radius 2 is 2.00 bits per heavy atom. The summed E-state index contributed by atoms with van der Waals surface area (Å²) in [7, 11) is 1.83. The van der Waals surface area contributed by atoms with Gasteiger partial charge in [0.1, 0.15) is 0 Å². The maximum absolute atomic E-state index is 11.6. The van der Waals surface area contributed by atoms with E-state index in [1.54, 1.807) is 11.0 Å². The van der Waals surface area contributed by atoms with E-state index in [9.17, 15) is 4.79 Å². The number of hydrogen-bond acceptors (Lipinski definition) is 1. The van der Waals surface area contributed by atoms with Crippen LogP contribution in [0.25, 0.3) is 0 Å². The summed E-state index contributed by atoms with van der Waals surface area (Å²) in [6.45, 7) is 8.40. The van der Waals surface area contributed by atoms with E-state index < -0.39 is 0 Å². The Bertz CT molecular complexity index is 264. The second kappa shape index (κ2) is 8.04. The van der Waals surface area contributed by atoms with Gasteiger partial charge in [0.15, 0.2) is 0 Å². The molecule has 0 bridgehead atoms. The summed E-state index contributed by atoms with van der Waals surface area (Å²) >= 11 is 0. The van der Waals surface area contributed by atoms with Gasteiger partial charge in [-0.3, -0.25) is 4.79 Å². The van der Waals surface area contributed by atoms with Crippen molar-refractivity contribution in [1.29, 1.82) is 0 Å². The molecule has 0 spiro atoms. The van der Waals surface area contributed by atoms with Gasteiger partial charge in [-0.25, -0.2) is 0 Å². The van der Waals surface area contributed by atoms with Gasteiger partial charge in [-0.05, 0) is 13.3 Å². The molecule has 0 radical (unpaired) electrons. The minimum atomic E-state index is 0.178. The molecule has 15 heavy (non-hydrogen) atoms. The third-order valence-corrected chi connectivity index (χ3v) is 2.31. The molecule has 2 heteroatoms. The van der Waals surface area contributed by atoms with Crippen molar-refractivity contribution in [2.75, 3.05) is 13.6 Å². The standard InChI is InChI=1S/C13H21NO/c1-5-8-9-10-12(6-2)11-13(15)14(4)7-3/h5,8-10H,1,6-7,11H2,2-4H3/b9-8-,12-10+. The van der Waals surface area contributed by atoms with E-state index in [-0.39, 0.29) is 5.91 Å². The summed E-state index contributed by atoms with van der Waals surface area (Å²) in [5, 5.41) is 0. The predicted octanol–water partition coefficient (Wildman–Crippen LogP) is 2.93. The van der Waals surface area contributed by atoms with Crippen LogP contribution >= 0.6 is 0 Å². The third-order valence-electron chi connectivity index (χ3n) is 2.31. The second-order valence-corrected chi connectivity index (χ2v) is 3.38. The van der Waals surface area contributed by atoms with E-state index >= 15 is 0 Å². The molecule has 0 saturated heterocycles. The molecule has 0 aromatic heterocycles. The summed E-state index contributed by atoms with van der Waals surface area (Å²) in [6, 6.07) is 0. The topological polar surface area (TPSA) is 20.3 Å². The van der Waals surface area contributed by atoms with Crippen molar-refractivity contribution in [2.45, 2.75) is 26.7 Å². The normalized spacial score (nSPS) is 11.8. The fourth-order valence-electron chi connectivity index (χ4n) is 1.08. The first-order chi connectivity index (χ1) is 7.15. The lowest BCUT2D eigenvalue weighted by molar-refractivity contribution is -0.128. The van der Waals surface area contributed by atoms with Crippen molar-refractivity contribution in [3.63, 3.8) is 0 Å². The Hall–Kier alpha value is -1.31. The van der Waals surface area contributed by atoms with Gasteiger partial charge in [-0.2, -0.15) is 0 Å². The lowest BCUT2D eigenvalue weighted by Gasteiger charge is -2.14. The van der Waals surface area contributed by atoms with E-state index in [4.69, 9.17) is 0 Å². The van der Waals surface area contributed by atoms with Crippen molar-refractivity contribution in [3.8, 4) is 0 Å². The second-order valence-electron chi connectivity index (χ2n) is 3.38. The van der Waals surface area contributed by atoms with Crippen molar-refractivity contribution >= 4 is 5.91 Å². The Labute approximate surface area is 93.0 Å². The molecule has 0 N–H and O–H groups in total. The zero-order chi connectivity index (χ0) is 11.7. The molecule has 84 valence electrons. The first kappa shape index (κ1) is 13.7. The summed E-state index contributed by atoms with van der Waals surface area (Å²) in [5.41, 5.74) is 1.15. The molecule has 0 aliphatic rings. The Kier molecular flexibility index (Phi) is 7.33. The average Bonchev–Trinajstić information content (AvgIpc) is 2.26. The van der Waals surface area contributed by atoms with Crippen molar-refractivity contribution in [2.24, 2.45) is 0 Å². The van der Waals surface area contributed by atoms with E-state index in [2.05, 4.69) is 13.5 Å². The van der Waals surface area contributed by atoms with Crippen molar-refractivity contribution in [1.82, 2.24) is 4.90 Å². The molecular weight excluding hydrogens is 186 g/mol. The van der Waals surface area contributed by atoms with Crippen LogP contribution < -0.4 is 0 Å². The zero-order valence-electron chi connectivity index (χ0n) is 9.99. The summed E-state index contributed by atoms with van der Waals surface area (Å²) in [4.78, 5) is 13.4. The molecule has 0 aromatic rings. The van der Waals surface area contributed by atoms with Gasteiger partial charge in [0, 0.05) is 20.0 Å². The average molecular weight is 207 g/mol. The Morgan fingerprint density at radius 3 is 2.47 bits per heavy atom. The molecule has 0 atom stereocenters. The SMILES string of the molecule is C=C/C=C\C=C(/CC)CC(=O)N(C)CC. The molecule has 0 fully saturated rings. The first-order valence-corrected chi connectivity index (χ1v) is 5.36. The molecular formula is C13H21NO. The molecule has 0 aliphatic heterocycles. The number of carbonyl (C=O) groups is 1. The van der Waals surface area contributed by atoms with Crippen LogP contribution in [-0.4, -0.2) is 24.4 Å². The first-order valence-electron chi connectivity index (χ1n) is 5.36. The van der Waals surface area contributed by atoms with Crippen LogP contribution in [0.2, 0.25) is 0 Å². The minimum Gasteiger partial charge on any atom is -0.346 e. The summed E-state index contributed by atoms with van der Waals surface area (Å²) < 4.78 is 0. The van der Waals surface area contributed by atoms with E-state index in [0.717, 1.165) is 18.5 Å². The highest BCUT2D eigenvalue weighted by Crippen LogP contribution is 2.08. The minimum absolute atomic E-state index is 0.178. The van der Waals surface area contributed by atoms with Crippen LogP contribution in [0.4, 0.5) is 0 Å². The molecule has 1 amide bonds. The number of hydrogen-bond donors (Lipinski definition) is 0. The van der Waals surface area contributed by atoms with Gasteiger partial charge in [-0.15, -0.1) is 0 Å². The Balaban J connectivity index is 4.32. The third kappa shape index (κ3) is 5.89. The number of rotatable bonds is 6. The predicted molar refractivity (Wildman–Crippen MR) is 65.6 cm³/mol. The fourth-order valence-corrected chi connectivity index (χ4v) is 1.08. The van der Waals surface area contributed by atoms with Crippen molar-refractivity contribution < 1.29 is 4.79 Å². The smallest absolute Gasteiger partial charge is 0.226 e. The lowest BCUT2D eigenvalue weighted by Crippen LogP contribution is -2.26. The highest BCUT2D eigenvalue weighted by atomic mass is 16.2. The monoisotopic (exact) mass is 207 g/mol. The van der Waals surface area contributed by atoms with Gasteiger partial charge in [0.05, 0.1) is 0 Å². The van der Waals surface area contributed by atoms with Crippen LogP contribution in [0.1, 0.15) is 26.7 Å². The van der Waals surface area contributed by atoms with Crippen molar-refractivity contribution in [3.05, 3.63) is 36.5 Å². The van der Waals surface area contributed by atoms with E-state index in [1.807, 2.05) is 32.2 Å². The van der Waals surface area contributed by atoms with Gasteiger partial charge < -0.3 is 4.90 Å². The van der Waals surface area contributed by atoms with E-state index in [1.165, 1.54) is 0 Å². The number of nitrogens with zero attached hydrogens (tertiary/aromatic N) is 1. The quantitative estimate of drug-likeness (QED) is 0.613. The number of carbonyl (C=O) groups excluding carboxylic acids is 1. The van der Waals surface area contributed by atoms with E-state index in [0.29, 0.717) is 6.42 Å². The Morgan fingerprint density at radius 1 is 1.33 bits per heavy atom. The molecule has 0 saturated carbocycles. The highest BCUT2D eigenvalue weighted by molar-refractivity contribution is 5.78. The number of amides is 1. The zero-order valence-corrected chi connectivity index (χ0v) is 9.99. The van der Waals surface area contributed by atoms with Crippen LogP contribution in [-0.2, 0) is 4.79 Å². The fraction of sp³-hybridized carbons (Fsp3) is 0.462. The van der Waals surface area contributed by atoms with Crippen LogP contribution in [0, 0.1) is 0 Å². The maximum Gasteiger partial charge on any atom is 0.226 e. The molecule has 2 nitrogen and oxygen atoms in total. The van der Waals surface area contributed by atoms with Gasteiger partial charge in [-0.1, -0.05) is 43.4 Å². The maximum atomic E-state index is 11.6. The highest BCUT2D eigenvalue weighted by Gasteiger charge is 2.07. The van der Waals surface area contributed by atoms with Crippen LogP contribution in [0.15, 0.2) is 36.5 Å². The van der Waals surface area contributed by atoms with Crippen LogP contribution in [0.5, 0.6) is 0 Å². The van der Waals surface area contributed by atoms with Gasteiger partial charge >= 0.3 is 0 Å². The molecule has 0 aliphatic carbocycles. The number of allylic oxidation sites excluding steroid dienone is 4. The largest absolute Gasteiger partial charge is 0.346 e. The van der Waals surface area contributed by atoms with Gasteiger partial charge in [0.2, 0.25) is 5.91 Å². The molecule has 0 aromatic carbocycles. The molecule has 0 heterocycles. The van der Waals surface area contributed by atoms with Gasteiger partial charge in [0.25, 0.3) is 0 Å². The molecule has 0 rings (SSSR count). The lowest BCUT2D eigenvalue weighted by atomic mass is 10.1. The summed E-state index contributed by atoms with van der Waals surface area (Å²) in [5.74, 6) is 0.178.